The van der Waals surface area contributed by atoms with Gasteiger partial charge in [-0.1, -0.05) is 18.2 Å². The number of carbonyl (C=O) groups is 1. The molecular weight excluding hydrogens is 472 g/mol. The normalized spacial score (nSPS) is 20.3. The van der Waals surface area contributed by atoms with Gasteiger partial charge >= 0.3 is 0 Å². The molecule has 188 valence electrons. The first-order valence-electron chi connectivity index (χ1n) is 11.7. The number of rotatable bonds is 10. The molecule has 2 aromatic carbocycles. The van der Waals surface area contributed by atoms with E-state index in [1.165, 1.54) is 0 Å². The molecule has 0 unspecified atom stereocenters. The lowest BCUT2D eigenvalue weighted by Gasteiger charge is -2.33. The maximum Gasteiger partial charge on any atom is 0.254 e. The number of amides is 1. The SMILES string of the molecule is O=C(N1CCOCC1)[C@@]1(CCS(=O)(=O)c2ccccc2)COC(c2ccc(OCCCO)cc2)=N1. The standard InChI is InChI=1S/C25H30N2O7S/c28-14-4-15-33-21-9-7-20(8-10-21)23-26-25(19-34-23,24(29)27-12-16-32-17-13-27)11-18-35(30,31)22-5-2-1-3-6-22/h1-3,5-10,28H,4,11-19H2/t25-/m1/s1. The lowest BCUT2D eigenvalue weighted by molar-refractivity contribution is -0.141. The van der Waals surface area contributed by atoms with Gasteiger partial charge in [-0.3, -0.25) is 4.79 Å². The van der Waals surface area contributed by atoms with Gasteiger partial charge in [0.2, 0.25) is 5.90 Å². The highest BCUT2D eigenvalue weighted by molar-refractivity contribution is 7.91. The Kier molecular flexibility index (Phi) is 8.04. The van der Waals surface area contributed by atoms with Gasteiger partial charge in [-0.25, -0.2) is 13.4 Å². The van der Waals surface area contributed by atoms with E-state index >= 15 is 0 Å². The topological polar surface area (TPSA) is 115 Å². The third-order valence-electron chi connectivity index (χ3n) is 6.02. The van der Waals surface area contributed by atoms with Gasteiger partial charge in [0.1, 0.15) is 12.4 Å². The molecule has 0 aliphatic carbocycles. The summed E-state index contributed by atoms with van der Waals surface area (Å²) in [4.78, 5) is 20.2. The van der Waals surface area contributed by atoms with Crippen LogP contribution >= 0.6 is 0 Å². The van der Waals surface area contributed by atoms with Crippen molar-refractivity contribution in [3.05, 3.63) is 60.2 Å². The zero-order valence-electron chi connectivity index (χ0n) is 19.5. The third kappa shape index (κ3) is 6.01. The Morgan fingerprint density at radius 1 is 1.09 bits per heavy atom. The summed E-state index contributed by atoms with van der Waals surface area (Å²) in [5, 5.41) is 8.89. The van der Waals surface area contributed by atoms with Gasteiger partial charge in [0.25, 0.3) is 5.91 Å². The molecule has 1 amide bonds. The summed E-state index contributed by atoms with van der Waals surface area (Å²) in [5.41, 5.74) is -0.660. The van der Waals surface area contributed by atoms with Gasteiger partial charge in [0, 0.05) is 31.7 Å². The van der Waals surface area contributed by atoms with E-state index in [2.05, 4.69) is 0 Å². The summed E-state index contributed by atoms with van der Waals surface area (Å²) in [5.74, 6) is 0.462. The van der Waals surface area contributed by atoms with E-state index in [1.54, 1.807) is 59.5 Å². The molecule has 35 heavy (non-hydrogen) atoms. The van der Waals surface area contributed by atoms with Crippen molar-refractivity contribution >= 4 is 21.6 Å². The van der Waals surface area contributed by atoms with Crippen molar-refractivity contribution in [1.82, 2.24) is 4.90 Å². The van der Waals surface area contributed by atoms with Crippen LogP contribution in [0.3, 0.4) is 0 Å². The molecule has 2 aliphatic rings. The average Bonchev–Trinajstić information content (AvgIpc) is 3.34. The minimum absolute atomic E-state index is 0.00622. The number of hydrogen-bond acceptors (Lipinski definition) is 8. The van der Waals surface area contributed by atoms with Crippen LogP contribution in [0.25, 0.3) is 0 Å². The van der Waals surface area contributed by atoms with Crippen LogP contribution in [0, 0.1) is 0 Å². The van der Waals surface area contributed by atoms with E-state index in [9.17, 15) is 13.2 Å². The second-order valence-corrected chi connectivity index (χ2v) is 10.6. The van der Waals surface area contributed by atoms with Gasteiger partial charge < -0.3 is 24.2 Å². The molecule has 1 N–H and O–H groups in total. The number of aliphatic hydroxyl groups excluding tert-OH is 1. The van der Waals surface area contributed by atoms with Gasteiger partial charge in [-0.15, -0.1) is 0 Å². The van der Waals surface area contributed by atoms with Crippen LogP contribution < -0.4 is 4.74 Å². The molecule has 0 radical (unpaired) electrons. The van der Waals surface area contributed by atoms with Crippen molar-refractivity contribution in [1.29, 1.82) is 0 Å². The lowest BCUT2D eigenvalue weighted by Crippen LogP contribution is -2.53. The van der Waals surface area contributed by atoms with Crippen LogP contribution in [0.1, 0.15) is 18.4 Å². The second kappa shape index (κ2) is 11.2. The molecule has 10 heteroatoms. The summed E-state index contributed by atoms with van der Waals surface area (Å²) in [6.07, 6.45) is 0.544. The Morgan fingerprint density at radius 2 is 1.80 bits per heavy atom. The molecule has 1 fully saturated rings. The quantitative estimate of drug-likeness (QED) is 0.492. The molecule has 0 aromatic heterocycles. The molecule has 0 bridgehead atoms. The monoisotopic (exact) mass is 502 g/mol. The van der Waals surface area contributed by atoms with Crippen molar-refractivity contribution in [3.8, 4) is 5.75 Å². The maximum atomic E-state index is 13.6. The maximum absolute atomic E-state index is 13.6. The Morgan fingerprint density at radius 3 is 2.49 bits per heavy atom. The Labute approximate surface area is 205 Å². The largest absolute Gasteiger partial charge is 0.494 e. The van der Waals surface area contributed by atoms with Crippen LogP contribution in [0.2, 0.25) is 0 Å². The van der Waals surface area contributed by atoms with Crippen molar-refractivity contribution in [2.24, 2.45) is 4.99 Å². The third-order valence-corrected chi connectivity index (χ3v) is 7.75. The van der Waals surface area contributed by atoms with E-state index in [0.29, 0.717) is 56.5 Å². The van der Waals surface area contributed by atoms with E-state index in [-0.39, 0.29) is 36.2 Å². The fourth-order valence-electron chi connectivity index (χ4n) is 4.00. The smallest absolute Gasteiger partial charge is 0.254 e. The predicted molar refractivity (Wildman–Crippen MR) is 129 cm³/mol. The summed E-state index contributed by atoms with van der Waals surface area (Å²) in [6.45, 7) is 2.14. The zero-order valence-corrected chi connectivity index (χ0v) is 20.3. The molecule has 0 saturated carbocycles. The Balaban J connectivity index is 1.57. The van der Waals surface area contributed by atoms with Gasteiger partial charge in [-0.05, 0) is 42.8 Å². The van der Waals surface area contributed by atoms with Crippen molar-refractivity contribution in [3.63, 3.8) is 0 Å². The second-order valence-electron chi connectivity index (χ2n) is 8.47. The Hall–Kier alpha value is -2.95. The fourth-order valence-corrected chi connectivity index (χ4v) is 5.41. The molecule has 2 aromatic rings. The summed E-state index contributed by atoms with van der Waals surface area (Å²) in [6, 6.07) is 15.3. The fraction of sp³-hybridized carbons (Fsp3) is 0.440. The molecule has 0 spiro atoms. The number of ether oxygens (including phenoxy) is 3. The zero-order chi connectivity index (χ0) is 24.7. The van der Waals surface area contributed by atoms with Gasteiger partial charge in [0.15, 0.2) is 15.4 Å². The Bertz CT molecular complexity index is 1130. The number of benzene rings is 2. The lowest BCUT2D eigenvalue weighted by atomic mass is 9.96. The van der Waals surface area contributed by atoms with Gasteiger partial charge in [-0.2, -0.15) is 0 Å². The molecule has 2 aliphatic heterocycles. The van der Waals surface area contributed by atoms with Crippen molar-refractivity contribution in [2.45, 2.75) is 23.3 Å². The minimum Gasteiger partial charge on any atom is -0.494 e. The van der Waals surface area contributed by atoms with Crippen LogP contribution in [-0.4, -0.2) is 87.6 Å². The van der Waals surface area contributed by atoms with Crippen LogP contribution in [-0.2, 0) is 24.1 Å². The number of aliphatic hydroxyl groups is 1. The molecular formula is C25H30N2O7S. The molecule has 9 nitrogen and oxygen atoms in total. The van der Waals surface area contributed by atoms with Crippen LogP contribution in [0.4, 0.5) is 0 Å². The highest BCUT2D eigenvalue weighted by Gasteiger charge is 2.47. The van der Waals surface area contributed by atoms with Crippen molar-refractivity contribution < 1.29 is 32.5 Å². The minimum atomic E-state index is -3.60. The summed E-state index contributed by atoms with van der Waals surface area (Å²) in [7, 11) is -3.60. The number of morpholine rings is 1. The average molecular weight is 503 g/mol. The number of hydrogen-bond donors (Lipinski definition) is 1. The highest BCUT2D eigenvalue weighted by Crippen LogP contribution is 2.30. The van der Waals surface area contributed by atoms with E-state index in [0.717, 1.165) is 0 Å². The molecule has 2 heterocycles. The van der Waals surface area contributed by atoms with E-state index < -0.39 is 15.4 Å². The first kappa shape index (κ1) is 25.2. The first-order valence-corrected chi connectivity index (χ1v) is 13.3. The van der Waals surface area contributed by atoms with E-state index in [1.807, 2.05) is 0 Å². The summed E-state index contributed by atoms with van der Waals surface area (Å²) >= 11 is 0. The molecule has 1 saturated heterocycles. The first-order chi connectivity index (χ1) is 16.9. The molecule has 1 atom stereocenters. The predicted octanol–water partition coefficient (Wildman–Crippen LogP) is 1.69. The van der Waals surface area contributed by atoms with Gasteiger partial charge in [0.05, 0.1) is 30.5 Å². The molecule has 4 rings (SSSR count). The number of carbonyl (C=O) groups excluding carboxylic acids is 1. The van der Waals surface area contributed by atoms with Crippen LogP contribution in [0.15, 0.2) is 64.5 Å². The highest BCUT2D eigenvalue weighted by atomic mass is 32.2. The van der Waals surface area contributed by atoms with E-state index in [4.69, 9.17) is 24.3 Å². The summed E-state index contributed by atoms with van der Waals surface area (Å²) < 4.78 is 42.7. The van der Waals surface area contributed by atoms with Crippen molar-refractivity contribution in [2.75, 3.05) is 51.9 Å². The number of nitrogens with zero attached hydrogens (tertiary/aromatic N) is 2. The number of aliphatic imine (C=N–C) groups is 1. The van der Waals surface area contributed by atoms with Crippen LogP contribution in [0.5, 0.6) is 5.75 Å². The number of sulfone groups is 1.